The van der Waals surface area contributed by atoms with Crippen molar-refractivity contribution in [3.05, 3.63) is 59.7 Å². The topological polar surface area (TPSA) is 83.7 Å². The van der Waals surface area contributed by atoms with Gasteiger partial charge in [-0.15, -0.1) is 0 Å². The Morgan fingerprint density at radius 1 is 1.25 bits per heavy atom. The minimum atomic E-state index is -0.196. The van der Waals surface area contributed by atoms with Gasteiger partial charge in [-0.3, -0.25) is 4.79 Å². The number of ether oxygens (including phenoxy) is 2. The number of nitriles is 1. The summed E-state index contributed by atoms with van der Waals surface area (Å²) in [6.07, 6.45) is 1.78. The summed E-state index contributed by atoms with van der Waals surface area (Å²) < 4.78 is 10.4. The average molecular weight is 323 g/mol. The third kappa shape index (κ3) is 5.14. The first kappa shape index (κ1) is 17.0. The van der Waals surface area contributed by atoms with Gasteiger partial charge in [0.15, 0.2) is 18.1 Å². The minimum Gasteiger partial charge on any atom is -0.493 e. The van der Waals surface area contributed by atoms with Crippen molar-refractivity contribution in [1.82, 2.24) is 5.43 Å². The van der Waals surface area contributed by atoms with Gasteiger partial charge in [-0.1, -0.05) is 30.3 Å². The number of carbonyl (C=O) groups excluding carboxylic acids is 1. The molecule has 1 N–H and O–H groups in total. The lowest BCUT2D eigenvalue weighted by Crippen LogP contribution is -2.19. The van der Waals surface area contributed by atoms with Crippen LogP contribution in [-0.4, -0.2) is 25.8 Å². The predicted octanol–water partition coefficient (Wildman–Crippen LogP) is 2.29. The number of benzene rings is 2. The molecule has 0 saturated heterocycles. The number of hydrogen-bond donors (Lipinski definition) is 1. The molecule has 0 aliphatic heterocycles. The van der Waals surface area contributed by atoms with E-state index >= 15 is 0 Å². The van der Waals surface area contributed by atoms with Gasteiger partial charge in [0, 0.05) is 0 Å². The highest BCUT2D eigenvalue weighted by molar-refractivity contribution is 5.84. The van der Waals surface area contributed by atoms with E-state index in [1.807, 2.05) is 36.4 Å². The van der Waals surface area contributed by atoms with Gasteiger partial charge < -0.3 is 9.47 Å². The highest BCUT2D eigenvalue weighted by atomic mass is 16.5. The van der Waals surface area contributed by atoms with Gasteiger partial charge in [-0.25, -0.2) is 5.43 Å². The molecule has 24 heavy (non-hydrogen) atoms. The molecule has 0 radical (unpaired) electrons. The fourth-order valence-electron chi connectivity index (χ4n) is 1.99. The number of hydrogen-bond acceptors (Lipinski definition) is 5. The molecule has 0 aliphatic carbocycles. The number of hydrazone groups is 1. The van der Waals surface area contributed by atoms with Crippen molar-refractivity contribution in [3.8, 4) is 17.6 Å². The summed E-state index contributed by atoms with van der Waals surface area (Å²) in [5.74, 6) is 0.771. The van der Waals surface area contributed by atoms with Crippen molar-refractivity contribution in [2.75, 3.05) is 13.7 Å². The van der Waals surface area contributed by atoms with Gasteiger partial charge in [-0.05, 0) is 29.3 Å². The molecule has 0 fully saturated rings. The van der Waals surface area contributed by atoms with Gasteiger partial charge in [0.1, 0.15) is 6.07 Å². The third-order valence-corrected chi connectivity index (χ3v) is 3.09. The number of amides is 1. The highest BCUT2D eigenvalue weighted by Gasteiger charge is 2.05. The lowest BCUT2D eigenvalue weighted by Gasteiger charge is -2.08. The van der Waals surface area contributed by atoms with E-state index in [9.17, 15) is 4.79 Å². The third-order valence-electron chi connectivity index (χ3n) is 3.09. The van der Waals surface area contributed by atoms with Crippen molar-refractivity contribution >= 4 is 12.1 Å². The van der Waals surface area contributed by atoms with Gasteiger partial charge in [0.25, 0.3) is 0 Å². The van der Waals surface area contributed by atoms with Crippen LogP contribution >= 0.6 is 0 Å². The predicted molar refractivity (Wildman–Crippen MR) is 90.0 cm³/mol. The molecule has 0 unspecified atom stereocenters. The number of rotatable bonds is 7. The summed E-state index contributed by atoms with van der Waals surface area (Å²) in [4.78, 5) is 11.8. The Morgan fingerprint density at radius 3 is 2.75 bits per heavy atom. The van der Waals surface area contributed by atoms with Crippen LogP contribution in [0.15, 0.2) is 53.6 Å². The largest absolute Gasteiger partial charge is 0.493 e. The number of methoxy groups -OCH3 is 1. The first-order valence-electron chi connectivity index (χ1n) is 7.26. The van der Waals surface area contributed by atoms with Gasteiger partial charge >= 0.3 is 0 Å². The number of carbonyl (C=O) groups is 1. The smallest absolute Gasteiger partial charge is 0.244 e. The summed E-state index contributed by atoms with van der Waals surface area (Å²) >= 11 is 0. The first-order chi connectivity index (χ1) is 11.7. The molecular weight excluding hydrogens is 306 g/mol. The van der Waals surface area contributed by atoms with E-state index in [4.69, 9.17) is 14.7 Å². The maximum atomic E-state index is 11.8. The summed E-state index contributed by atoms with van der Waals surface area (Å²) in [7, 11) is 1.51. The highest BCUT2D eigenvalue weighted by Crippen LogP contribution is 2.27. The molecule has 6 heteroatoms. The Kier molecular flexibility index (Phi) is 6.35. The average Bonchev–Trinajstić information content (AvgIpc) is 2.61. The van der Waals surface area contributed by atoms with Gasteiger partial charge in [0.05, 0.1) is 19.7 Å². The zero-order valence-electron chi connectivity index (χ0n) is 13.2. The lowest BCUT2D eigenvalue weighted by molar-refractivity contribution is -0.120. The molecule has 0 spiro atoms. The van der Waals surface area contributed by atoms with Gasteiger partial charge in [0.2, 0.25) is 5.91 Å². The molecular formula is C18H17N3O3. The minimum absolute atomic E-state index is 0.0562. The summed E-state index contributed by atoms with van der Waals surface area (Å²) in [6, 6.07) is 16.5. The molecule has 0 atom stereocenters. The summed E-state index contributed by atoms with van der Waals surface area (Å²) in [5, 5.41) is 12.5. The Bertz CT molecular complexity index is 752. The zero-order valence-corrected chi connectivity index (χ0v) is 13.2. The normalized spacial score (nSPS) is 10.2. The molecule has 0 bridgehead atoms. The second kappa shape index (κ2) is 8.96. The lowest BCUT2D eigenvalue weighted by atomic mass is 10.1. The van der Waals surface area contributed by atoms with Crippen molar-refractivity contribution in [2.45, 2.75) is 6.42 Å². The number of nitrogens with zero attached hydrogens (tertiary/aromatic N) is 2. The van der Waals surface area contributed by atoms with Crippen LogP contribution in [-0.2, 0) is 11.2 Å². The first-order valence-corrected chi connectivity index (χ1v) is 7.26. The van der Waals surface area contributed by atoms with Crippen LogP contribution in [0.25, 0.3) is 0 Å². The van der Waals surface area contributed by atoms with Crippen LogP contribution in [0.4, 0.5) is 0 Å². The van der Waals surface area contributed by atoms with Crippen LogP contribution in [0.2, 0.25) is 0 Å². The van der Waals surface area contributed by atoms with Crippen LogP contribution in [0.3, 0.4) is 0 Å². The quantitative estimate of drug-likeness (QED) is 0.626. The Balaban J connectivity index is 1.94. The summed E-state index contributed by atoms with van der Waals surface area (Å²) in [5.41, 5.74) is 4.14. The molecule has 2 rings (SSSR count). The maximum Gasteiger partial charge on any atom is 0.244 e. The molecule has 0 aliphatic rings. The van der Waals surface area contributed by atoms with Crippen molar-refractivity contribution in [2.24, 2.45) is 5.10 Å². The van der Waals surface area contributed by atoms with Crippen molar-refractivity contribution < 1.29 is 14.3 Å². The van der Waals surface area contributed by atoms with E-state index in [-0.39, 0.29) is 18.9 Å². The molecule has 1 amide bonds. The van der Waals surface area contributed by atoms with E-state index in [2.05, 4.69) is 10.5 Å². The van der Waals surface area contributed by atoms with E-state index in [1.165, 1.54) is 13.3 Å². The fraction of sp³-hybridized carbons (Fsp3) is 0.167. The van der Waals surface area contributed by atoms with E-state index < -0.39 is 0 Å². The standard InChI is InChI=1S/C18H17N3O3/c1-23-17-11-15(7-8-16(17)24-10-9-19)13-20-21-18(22)12-14-5-3-2-4-6-14/h2-8,11,13H,10,12H2,1H3,(H,21,22)/b20-13-. The molecule has 0 aromatic heterocycles. The van der Waals surface area contributed by atoms with Crippen molar-refractivity contribution in [1.29, 1.82) is 5.26 Å². The molecule has 0 heterocycles. The fourth-order valence-corrected chi connectivity index (χ4v) is 1.99. The molecule has 2 aromatic rings. The van der Waals surface area contributed by atoms with Crippen LogP contribution in [0.5, 0.6) is 11.5 Å². The molecule has 122 valence electrons. The number of nitrogens with one attached hydrogen (secondary N) is 1. The second-order valence-electron chi connectivity index (χ2n) is 4.81. The Morgan fingerprint density at radius 2 is 2.04 bits per heavy atom. The molecule has 6 nitrogen and oxygen atoms in total. The summed E-state index contributed by atoms with van der Waals surface area (Å²) in [6.45, 7) is -0.0562. The maximum absolute atomic E-state index is 11.8. The Labute approximate surface area is 140 Å². The van der Waals surface area contributed by atoms with E-state index in [0.29, 0.717) is 11.5 Å². The van der Waals surface area contributed by atoms with E-state index in [0.717, 1.165) is 11.1 Å². The SMILES string of the molecule is COc1cc(/C=N\NC(=O)Cc2ccccc2)ccc1OCC#N. The molecule has 2 aromatic carbocycles. The molecule has 0 saturated carbocycles. The second-order valence-corrected chi connectivity index (χ2v) is 4.81. The Hall–Kier alpha value is -3.33. The monoisotopic (exact) mass is 323 g/mol. The van der Waals surface area contributed by atoms with Crippen LogP contribution in [0, 0.1) is 11.3 Å². The van der Waals surface area contributed by atoms with Gasteiger partial charge in [-0.2, -0.15) is 10.4 Å². The van der Waals surface area contributed by atoms with Crippen molar-refractivity contribution in [3.63, 3.8) is 0 Å². The van der Waals surface area contributed by atoms with E-state index in [1.54, 1.807) is 18.2 Å². The zero-order chi connectivity index (χ0) is 17.2. The van der Waals surface area contributed by atoms with Crippen LogP contribution in [0.1, 0.15) is 11.1 Å². The van der Waals surface area contributed by atoms with Crippen LogP contribution < -0.4 is 14.9 Å².